The molecular weight excluding hydrogens is 484 g/mol. The number of rotatable bonds is 2. The Balaban J connectivity index is 1.39. The van der Waals surface area contributed by atoms with E-state index in [4.69, 9.17) is 0 Å². The van der Waals surface area contributed by atoms with Gasteiger partial charge in [-0.3, -0.25) is 0 Å². The number of hydrogen-bond acceptors (Lipinski definition) is 0. The fourth-order valence-electron chi connectivity index (χ4n) is 6.71. The molecule has 0 unspecified atom stereocenters. The predicted molar refractivity (Wildman–Crippen MR) is 170 cm³/mol. The Morgan fingerprint density at radius 3 is 1.55 bits per heavy atom. The van der Waals surface area contributed by atoms with Gasteiger partial charge in [0.2, 0.25) is 0 Å². The van der Waals surface area contributed by atoms with Gasteiger partial charge in [0.25, 0.3) is 0 Å². The maximum atomic E-state index is 2.44. The van der Waals surface area contributed by atoms with Crippen LogP contribution in [0.25, 0.3) is 76.5 Å². The Hall–Kier alpha value is -5.34. The third-order valence-corrected chi connectivity index (χ3v) is 8.44. The number of para-hydroxylation sites is 3. The van der Waals surface area contributed by atoms with Crippen LogP contribution in [0.15, 0.2) is 146 Å². The zero-order valence-electron chi connectivity index (χ0n) is 21.8. The summed E-state index contributed by atoms with van der Waals surface area (Å²) < 4.78 is 4.87. The highest BCUT2D eigenvalue weighted by molar-refractivity contribution is 6.16. The van der Waals surface area contributed by atoms with Gasteiger partial charge in [0.1, 0.15) is 0 Å². The minimum Gasteiger partial charge on any atom is -0.309 e. The quantitative estimate of drug-likeness (QED) is 0.206. The lowest BCUT2D eigenvalue weighted by Crippen LogP contribution is -1.96. The van der Waals surface area contributed by atoms with Crippen molar-refractivity contribution in [2.45, 2.75) is 0 Å². The first-order valence-corrected chi connectivity index (χ1v) is 13.8. The Morgan fingerprint density at radius 1 is 0.325 bits per heavy atom. The molecule has 0 aliphatic heterocycles. The molecule has 0 aliphatic carbocycles. The summed E-state index contributed by atoms with van der Waals surface area (Å²) in [6.45, 7) is 0. The number of aromatic nitrogens is 2. The Morgan fingerprint density at radius 2 is 0.850 bits per heavy atom. The molecule has 0 saturated carbocycles. The van der Waals surface area contributed by atoms with Crippen molar-refractivity contribution in [2.75, 3.05) is 0 Å². The van der Waals surface area contributed by atoms with E-state index in [-0.39, 0.29) is 0 Å². The second-order valence-corrected chi connectivity index (χ2v) is 10.6. The fraction of sp³-hybridized carbons (Fsp3) is 0. The molecule has 0 spiro atoms. The van der Waals surface area contributed by atoms with E-state index in [9.17, 15) is 0 Å². The standard InChI is InChI=1S/C38H24N2/c1-2-11-26-23-28-24-29(21-20-27(28)22-25(26)10-1)39-35-17-8-5-14-32(35)38-36(39)18-9-19-37(38)40-33-15-6-3-12-30(33)31-13-4-7-16-34(31)40/h1-24H. The number of benzene rings is 7. The van der Waals surface area contributed by atoms with Crippen LogP contribution in [0.5, 0.6) is 0 Å². The topological polar surface area (TPSA) is 9.86 Å². The van der Waals surface area contributed by atoms with Gasteiger partial charge in [-0.25, -0.2) is 0 Å². The molecule has 2 aromatic heterocycles. The van der Waals surface area contributed by atoms with Crippen LogP contribution in [-0.4, -0.2) is 9.13 Å². The normalized spacial score (nSPS) is 12.0. The molecule has 0 amide bonds. The van der Waals surface area contributed by atoms with E-state index in [1.165, 1.54) is 76.5 Å². The zero-order chi connectivity index (χ0) is 26.2. The van der Waals surface area contributed by atoms with Crippen LogP contribution in [0, 0.1) is 0 Å². The summed E-state index contributed by atoms with van der Waals surface area (Å²) in [6.07, 6.45) is 0. The second kappa shape index (κ2) is 8.08. The summed E-state index contributed by atoms with van der Waals surface area (Å²) in [5.74, 6) is 0. The van der Waals surface area contributed by atoms with Gasteiger partial charge in [0.05, 0.1) is 27.8 Å². The molecule has 2 nitrogen and oxygen atoms in total. The molecule has 0 aliphatic rings. The SMILES string of the molecule is c1ccc2cc3cc(-n4c5ccccc5c5c(-n6c7ccccc7c7ccccc76)cccc54)ccc3cc2c1. The summed E-state index contributed by atoms with van der Waals surface area (Å²) >= 11 is 0. The van der Waals surface area contributed by atoms with Gasteiger partial charge in [0, 0.05) is 27.2 Å². The lowest BCUT2D eigenvalue weighted by atomic mass is 10.0. The van der Waals surface area contributed by atoms with E-state index < -0.39 is 0 Å². The van der Waals surface area contributed by atoms with E-state index in [2.05, 4.69) is 155 Å². The molecule has 2 heterocycles. The smallest absolute Gasteiger partial charge is 0.0562 e. The first-order valence-electron chi connectivity index (χ1n) is 13.8. The van der Waals surface area contributed by atoms with Gasteiger partial charge in [0.15, 0.2) is 0 Å². The number of nitrogens with zero attached hydrogens (tertiary/aromatic N) is 2. The molecular formula is C38H24N2. The van der Waals surface area contributed by atoms with E-state index in [1.54, 1.807) is 0 Å². The first kappa shape index (κ1) is 21.6. The van der Waals surface area contributed by atoms with Gasteiger partial charge < -0.3 is 9.13 Å². The van der Waals surface area contributed by atoms with Crippen molar-refractivity contribution >= 4 is 65.2 Å². The Bertz CT molecular complexity index is 2380. The molecule has 0 radical (unpaired) electrons. The maximum absolute atomic E-state index is 2.44. The van der Waals surface area contributed by atoms with Crippen molar-refractivity contribution in [1.29, 1.82) is 0 Å². The van der Waals surface area contributed by atoms with E-state index in [0.717, 1.165) is 0 Å². The molecule has 0 N–H and O–H groups in total. The van der Waals surface area contributed by atoms with Crippen molar-refractivity contribution in [3.63, 3.8) is 0 Å². The van der Waals surface area contributed by atoms with Gasteiger partial charge in [-0.1, -0.05) is 91.0 Å². The van der Waals surface area contributed by atoms with Crippen molar-refractivity contribution in [2.24, 2.45) is 0 Å². The molecule has 9 rings (SSSR count). The molecule has 9 aromatic rings. The average molecular weight is 509 g/mol. The molecule has 0 atom stereocenters. The minimum atomic E-state index is 1.17. The minimum absolute atomic E-state index is 1.17. The molecule has 0 fully saturated rings. The average Bonchev–Trinajstić information content (AvgIpc) is 3.53. The molecule has 40 heavy (non-hydrogen) atoms. The summed E-state index contributed by atoms with van der Waals surface area (Å²) in [5, 5.41) is 10.1. The van der Waals surface area contributed by atoms with Crippen molar-refractivity contribution in [3.8, 4) is 11.4 Å². The van der Waals surface area contributed by atoms with Crippen LogP contribution < -0.4 is 0 Å². The molecule has 186 valence electrons. The highest BCUT2D eigenvalue weighted by Gasteiger charge is 2.19. The summed E-state index contributed by atoms with van der Waals surface area (Å²) in [7, 11) is 0. The fourth-order valence-corrected chi connectivity index (χ4v) is 6.71. The van der Waals surface area contributed by atoms with Crippen LogP contribution in [0.1, 0.15) is 0 Å². The zero-order valence-corrected chi connectivity index (χ0v) is 21.8. The Labute approximate surface area is 230 Å². The highest BCUT2D eigenvalue weighted by atomic mass is 15.0. The van der Waals surface area contributed by atoms with Crippen LogP contribution in [0.3, 0.4) is 0 Å². The molecule has 0 saturated heterocycles. The molecule has 2 heteroatoms. The van der Waals surface area contributed by atoms with Crippen LogP contribution in [0.2, 0.25) is 0 Å². The largest absolute Gasteiger partial charge is 0.309 e. The molecule has 7 aromatic carbocycles. The van der Waals surface area contributed by atoms with Gasteiger partial charge in [-0.15, -0.1) is 0 Å². The van der Waals surface area contributed by atoms with Crippen molar-refractivity contribution < 1.29 is 0 Å². The maximum Gasteiger partial charge on any atom is 0.0562 e. The Kier molecular flexibility index (Phi) is 4.36. The van der Waals surface area contributed by atoms with Gasteiger partial charge in [-0.05, 0) is 76.1 Å². The summed E-state index contributed by atoms with van der Waals surface area (Å²) in [5.41, 5.74) is 7.26. The predicted octanol–water partition coefficient (Wildman–Crippen LogP) is 10.2. The van der Waals surface area contributed by atoms with Crippen LogP contribution in [-0.2, 0) is 0 Å². The summed E-state index contributed by atoms with van der Waals surface area (Å²) in [6, 6.07) is 53.1. The first-order chi connectivity index (χ1) is 19.8. The lowest BCUT2D eigenvalue weighted by Gasteiger charge is -2.12. The van der Waals surface area contributed by atoms with Crippen molar-refractivity contribution in [3.05, 3.63) is 146 Å². The number of fused-ring (bicyclic) bond motifs is 8. The third-order valence-electron chi connectivity index (χ3n) is 8.44. The van der Waals surface area contributed by atoms with E-state index in [1.807, 2.05) is 0 Å². The summed E-state index contributed by atoms with van der Waals surface area (Å²) in [4.78, 5) is 0. The monoisotopic (exact) mass is 508 g/mol. The van der Waals surface area contributed by atoms with Crippen LogP contribution in [0.4, 0.5) is 0 Å². The highest BCUT2D eigenvalue weighted by Crippen LogP contribution is 2.40. The third kappa shape index (κ3) is 2.93. The van der Waals surface area contributed by atoms with Gasteiger partial charge in [-0.2, -0.15) is 0 Å². The van der Waals surface area contributed by atoms with E-state index in [0.29, 0.717) is 0 Å². The lowest BCUT2D eigenvalue weighted by molar-refractivity contribution is 1.17. The second-order valence-electron chi connectivity index (χ2n) is 10.6. The van der Waals surface area contributed by atoms with Crippen molar-refractivity contribution in [1.82, 2.24) is 9.13 Å². The van der Waals surface area contributed by atoms with E-state index >= 15 is 0 Å². The molecule has 0 bridgehead atoms. The van der Waals surface area contributed by atoms with Crippen LogP contribution >= 0.6 is 0 Å². The van der Waals surface area contributed by atoms with Gasteiger partial charge >= 0.3 is 0 Å². The number of hydrogen-bond donors (Lipinski definition) is 0.